The Hall–Kier alpha value is -6.29. The molecule has 21 heteroatoms. The van der Waals surface area contributed by atoms with Crippen LogP contribution >= 0.6 is 0 Å². The summed E-state index contributed by atoms with van der Waals surface area (Å²) in [6, 6.07) is 13.5. The van der Waals surface area contributed by atoms with E-state index in [1.807, 2.05) is 19.2 Å². The van der Waals surface area contributed by atoms with Crippen LogP contribution in [0, 0.1) is 5.92 Å². The molecule has 66 heavy (non-hydrogen) atoms. The summed E-state index contributed by atoms with van der Waals surface area (Å²) in [6.45, 7) is 6.44. The molecule has 0 bridgehead atoms. The van der Waals surface area contributed by atoms with Crippen molar-refractivity contribution in [2.45, 2.75) is 90.2 Å². The number of anilines is 1. The number of para-hydroxylation sites is 1. The second kappa shape index (κ2) is 30.0. The zero-order valence-electron chi connectivity index (χ0n) is 38.4. The second-order valence-corrected chi connectivity index (χ2v) is 15.7. The van der Waals surface area contributed by atoms with E-state index in [2.05, 4.69) is 65.3 Å². The Bertz CT molecular complexity index is 2010. The van der Waals surface area contributed by atoms with Gasteiger partial charge in [-0.2, -0.15) is 0 Å². The summed E-state index contributed by atoms with van der Waals surface area (Å²) < 4.78 is 18.4. The number of aromatic nitrogens is 1. The minimum Gasteiger partial charge on any atom is -0.481 e. The maximum atomic E-state index is 13.5. The van der Waals surface area contributed by atoms with Gasteiger partial charge in [0.25, 0.3) is 0 Å². The Balaban J connectivity index is 1.38. The topological polar surface area (TPSA) is 295 Å². The maximum Gasteiger partial charge on any atom is 0.407 e. The molecule has 3 atom stereocenters. The molecule has 3 aromatic rings. The standard InChI is InChI=1S/C45H68N10O11/c1-30(2)40(43(61)53-36(10-7-19-51-44(46)62)42(60)52-33-14-12-31(13-15-33)29-66-45(63)48-4)54-38(56)18-23-64-25-26-65-24-21-50-41(59)35(16-17-39(57)58)49-20-8-22-55-34(28-47-3)27-32-9-5-6-11-37(32)55/h5-6,9,11-15,27,30,35-36,40,47,49H,7-8,10,16-26,28-29H2,1-4H3,(H,48,63)(H,50,59)(H,52,60)(H,53,61)(H,54,56)(H,57,58)(H3,46,51,62). The van der Waals surface area contributed by atoms with E-state index in [4.69, 9.17) is 19.9 Å². The molecule has 1 aromatic heterocycles. The highest BCUT2D eigenvalue weighted by atomic mass is 16.5. The minimum absolute atomic E-state index is 0.0266. The molecular weight excluding hydrogens is 857 g/mol. The third kappa shape index (κ3) is 20.3. The molecule has 7 amide bonds. The fourth-order valence-electron chi connectivity index (χ4n) is 6.79. The average Bonchev–Trinajstić information content (AvgIpc) is 3.64. The van der Waals surface area contributed by atoms with E-state index in [0.717, 1.165) is 29.6 Å². The molecule has 21 nitrogen and oxygen atoms in total. The molecule has 0 fully saturated rings. The van der Waals surface area contributed by atoms with E-state index < -0.39 is 53.9 Å². The van der Waals surface area contributed by atoms with Crippen LogP contribution in [0.4, 0.5) is 15.3 Å². The first-order valence-electron chi connectivity index (χ1n) is 22.2. The lowest BCUT2D eigenvalue weighted by molar-refractivity contribution is -0.137. The molecular formula is C45H68N10O11. The van der Waals surface area contributed by atoms with Gasteiger partial charge in [0.15, 0.2) is 0 Å². The molecule has 0 aliphatic carbocycles. The van der Waals surface area contributed by atoms with Crippen LogP contribution in [0.2, 0.25) is 0 Å². The fourth-order valence-corrected chi connectivity index (χ4v) is 6.79. The van der Waals surface area contributed by atoms with Gasteiger partial charge in [0.1, 0.15) is 18.7 Å². The molecule has 364 valence electrons. The number of aliphatic carboxylic acids is 1. The maximum absolute atomic E-state index is 13.5. The van der Waals surface area contributed by atoms with Crippen LogP contribution in [0.1, 0.15) is 63.6 Å². The summed E-state index contributed by atoms with van der Waals surface area (Å²) in [4.78, 5) is 86.6. The van der Waals surface area contributed by atoms with Crippen LogP contribution in [0.3, 0.4) is 0 Å². The number of fused-ring (bicyclic) bond motifs is 1. The molecule has 2 aromatic carbocycles. The molecule has 3 unspecified atom stereocenters. The first-order chi connectivity index (χ1) is 31.7. The number of urea groups is 1. The zero-order valence-corrected chi connectivity index (χ0v) is 38.4. The SMILES string of the molecule is CNCc1cc2ccccc2n1CCCNC(CCC(=O)O)C(=O)NCCOCCOCCC(=O)NC(C(=O)NC(CCCNC(N)=O)C(=O)Nc1ccc(COC(=O)NC)cc1)C(C)C. The number of nitrogens with one attached hydrogen (secondary N) is 8. The molecule has 0 saturated heterocycles. The summed E-state index contributed by atoms with van der Waals surface area (Å²) in [5.74, 6) is -3.19. The van der Waals surface area contributed by atoms with Gasteiger partial charge >= 0.3 is 18.1 Å². The first-order valence-corrected chi connectivity index (χ1v) is 22.2. The molecule has 3 rings (SSSR count). The predicted molar refractivity (Wildman–Crippen MR) is 247 cm³/mol. The number of rotatable bonds is 32. The zero-order chi connectivity index (χ0) is 48.3. The number of carbonyl (C=O) groups excluding carboxylic acids is 6. The van der Waals surface area contributed by atoms with Crippen LogP contribution in [-0.2, 0) is 57.9 Å². The Morgan fingerprint density at radius 1 is 0.758 bits per heavy atom. The number of carboxylic acid groups (broad SMARTS) is 1. The number of hydrogen-bond acceptors (Lipinski definition) is 12. The van der Waals surface area contributed by atoms with E-state index in [1.54, 1.807) is 38.1 Å². The monoisotopic (exact) mass is 925 g/mol. The van der Waals surface area contributed by atoms with Crippen molar-refractivity contribution in [3.63, 3.8) is 0 Å². The van der Waals surface area contributed by atoms with Crippen molar-refractivity contribution in [2.75, 3.05) is 65.5 Å². The molecule has 0 saturated carbocycles. The van der Waals surface area contributed by atoms with Gasteiger partial charge in [-0.3, -0.25) is 24.0 Å². The van der Waals surface area contributed by atoms with E-state index in [1.165, 1.54) is 7.05 Å². The summed E-state index contributed by atoms with van der Waals surface area (Å²) in [5.41, 5.74) is 8.57. The Morgan fingerprint density at radius 3 is 2.17 bits per heavy atom. The third-order valence-corrected chi connectivity index (χ3v) is 10.2. The summed E-state index contributed by atoms with van der Waals surface area (Å²) >= 11 is 0. The number of aryl methyl sites for hydroxylation is 1. The molecule has 0 radical (unpaired) electrons. The van der Waals surface area contributed by atoms with Crippen LogP contribution < -0.4 is 48.3 Å². The number of nitrogens with two attached hydrogens (primary N) is 1. The quantitative estimate of drug-likeness (QED) is 0.0400. The van der Waals surface area contributed by atoms with Crippen LogP contribution in [0.25, 0.3) is 10.9 Å². The van der Waals surface area contributed by atoms with E-state index >= 15 is 0 Å². The largest absolute Gasteiger partial charge is 0.481 e. The Kier molecular flexibility index (Phi) is 24.6. The number of primary amides is 1. The van der Waals surface area contributed by atoms with Gasteiger partial charge in [-0.15, -0.1) is 0 Å². The third-order valence-electron chi connectivity index (χ3n) is 10.2. The Morgan fingerprint density at radius 2 is 1.48 bits per heavy atom. The van der Waals surface area contributed by atoms with Gasteiger partial charge < -0.3 is 72.2 Å². The lowest BCUT2D eigenvalue weighted by Crippen LogP contribution is -2.54. The molecule has 0 aliphatic heterocycles. The molecule has 11 N–H and O–H groups in total. The number of benzene rings is 2. The molecule has 0 spiro atoms. The number of ether oxygens (including phenoxy) is 3. The van der Waals surface area contributed by atoms with Gasteiger partial charge in [-0.1, -0.05) is 44.2 Å². The van der Waals surface area contributed by atoms with Crippen LogP contribution in [-0.4, -0.2) is 130 Å². The van der Waals surface area contributed by atoms with Crippen molar-refractivity contribution in [1.29, 1.82) is 0 Å². The second-order valence-electron chi connectivity index (χ2n) is 15.7. The average molecular weight is 925 g/mol. The van der Waals surface area contributed by atoms with Gasteiger partial charge in [0.05, 0.1) is 32.5 Å². The summed E-state index contributed by atoms with van der Waals surface area (Å²) in [5, 5.41) is 32.7. The smallest absolute Gasteiger partial charge is 0.407 e. The highest BCUT2D eigenvalue weighted by Gasteiger charge is 2.29. The van der Waals surface area contributed by atoms with Crippen LogP contribution in [0.15, 0.2) is 54.6 Å². The lowest BCUT2D eigenvalue weighted by Gasteiger charge is -2.25. The number of alkyl carbamates (subject to hydrolysis) is 1. The van der Waals surface area contributed by atoms with Crippen molar-refractivity contribution < 1.29 is 52.9 Å². The van der Waals surface area contributed by atoms with Crippen molar-refractivity contribution in [2.24, 2.45) is 11.7 Å². The summed E-state index contributed by atoms with van der Waals surface area (Å²) in [7, 11) is 3.35. The van der Waals surface area contributed by atoms with Gasteiger partial charge in [0.2, 0.25) is 23.6 Å². The van der Waals surface area contributed by atoms with Crippen molar-refractivity contribution >= 4 is 58.3 Å². The normalized spacial score (nSPS) is 12.4. The number of amides is 7. The van der Waals surface area contributed by atoms with Crippen molar-refractivity contribution in [3.05, 3.63) is 65.9 Å². The molecule has 0 aliphatic rings. The van der Waals surface area contributed by atoms with Gasteiger partial charge in [-0.05, 0) is 80.4 Å². The number of carbonyl (C=O) groups is 7. The minimum atomic E-state index is -1.03. The highest BCUT2D eigenvalue weighted by Crippen LogP contribution is 2.20. The van der Waals surface area contributed by atoms with Gasteiger partial charge in [0, 0.05) is 63.0 Å². The van der Waals surface area contributed by atoms with Gasteiger partial charge in [-0.25, -0.2) is 9.59 Å². The first kappa shape index (κ1) is 54.0. The van der Waals surface area contributed by atoms with E-state index in [9.17, 15) is 38.7 Å². The highest BCUT2D eigenvalue weighted by molar-refractivity contribution is 5.98. The number of hydrogen-bond donors (Lipinski definition) is 10. The predicted octanol–water partition coefficient (Wildman–Crippen LogP) is 1.68. The Labute approximate surface area is 385 Å². The fraction of sp³-hybridized carbons (Fsp3) is 0.533. The van der Waals surface area contributed by atoms with Crippen molar-refractivity contribution in [3.8, 4) is 0 Å². The number of nitrogens with zero attached hydrogens (tertiary/aromatic N) is 1. The summed E-state index contributed by atoms with van der Waals surface area (Å²) in [6.07, 6.45) is 0.524. The van der Waals surface area contributed by atoms with E-state index in [0.29, 0.717) is 30.8 Å². The number of carboxylic acids is 1. The lowest BCUT2D eigenvalue weighted by atomic mass is 10.0. The molecule has 1 heterocycles. The van der Waals surface area contributed by atoms with Crippen molar-refractivity contribution in [1.82, 2.24) is 41.8 Å². The van der Waals surface area contributed by atoms with E-state index in [-0.39, 0.29) is 83.6 Å². The van der Waals surface area contributed by atoms with Crippen LogP contribution in [0.5, 0.6) is 0 Å².